The van der Waals surface area contributed by atoms with E-state index < -0.39 is 0 Å². The van der Waals surface area contributed by atoms with Crippen molar-refractivity contribution in [2.45, 2.75) is 19.4 Å². The number of piperidine rings is 1. The SMILES string of the molecule is O=C(NCc1ccc2c(c1)OCO2)[C@H]1CCCN(C(=O)c2cc(-c3cccnc3)n[nH]2)C1. The summed E-state index contributed by atoms with van der Waals surface area (Å²) in [6, 6.07) is 11.1. The number of hydrogen-bond donors (Lipinski definition) is 2. The highest BCUT2D eigenvalue weighted by Gasteiger charge is 2.29. The molecule has 1 fully saturated rings. The summed E-state index contributed by atoms with van der Waals surface area (Å²) in [5, 5.41) is 10.0. The monoisotopic (exact) mass is 433 g/mol. The van der Waals surface area contributed by atoms with E-state index in [1.165, 1.54) is 0 Å². The van der Waals surface area contributed by atoms with Crippen molar-refractivity contribution >= 4 is 11.8 Å². The van der Waals surface area contributed by atoms with Crippen LogP contribution in [0.25, 0.3) is 11.3 Å². The van der Waals surface area contributed by atoms with E-state index in [-0.39, 0.29) is 24.5 Å². The third-order valence-electron chi connectivity index (χ3n) is 5.75. The molecule has 9 heteroatoms. The maximum atomic E-state index is 13.0. The first-order valence-electron chi connectivity index (χ1n) is 10.6. The van der Waals surface area contributed by atoms with Gasteiger partial charge in [-0.05, 0) is 48.7 Å². The number of pyridine rings is 1. The molecule has 3 aromatic rings. The predicted molar refractivity (Wildman–Crippen MR) is 115 cm³/mol. The van der Waals surface area contributed by atoms with Crippen LogP contribution < -0.4 is 14.8 Å². The molecule has 0 aliphatic carbocycles. The largest absolute Gasteiger partial charge is 0.454 e. The van der Waals surface area contributed by atoms with Crippen molar-refractivity contribution in [3.05, 3.63) is 60.0 Å². The second-order valence-electron chi connectivity index (χ2n) is 7.90. The average Bonchev–Trinajstić information content (AvgIpc) is 3.52. The Hall–Kier alpha value is -3.88. The standard InChI is InChI=1S/C23H23N5O4/c29-22(25-11-15-5-6-20-21(9-15)32-14-31-20)17-4-2-8-28(13-17)23(30)19-10-18(26-27-19)16-3-1-7-24-12-16/h1,3,5-7,9-10,12,17H,2,4,8,11,13-14H2,(H,25,29)(H,26,27)/t17-/m0/s1. The fourth-order valence-corrected chi connectivity index (χ4v) is 4.02. The van der Waals surface area contributed by atoms with Crippen LogP contribution in [0.5, 0.6) is 11.5 Å². The van der Waals surface area contributed by atoms with Gasteiger partial charge in [0, 0.05) is 37.6 Å². The minimum atomic E-state index is -0.248. The minimum absolute atomic E-state index is 0.0548. The molecule has 2 N–H and O–H groups in total. The quantitative estimate of drug-likeness (QED) is 0.639. The van der Waals surface area contributed by atoms with Crippen molar-refractivity contribution in [1.82, 2.24) is 25.4 Å². The zero-order valence-electron chi connectivity index (χ0n) is 17.4. The fourth-order valence-electron chi connectivity index (χ4n) is 4.02. The zero-order valence-corrected chi connectivity index (χ0v) is 17.4. The minimum Gasteiger partial charge on any atom is -0.454 e. The van der Waals surface area contributed by atoms with Crippen LogP contribution in [0.15, 0.2) is 48.8 Å². The maximum absolute atomic E-state index is 13.0. The Labute approximate surface area is 184 Å². The van der Waals surface area contributed by atoms with Crippen molar-refractivity contribution in [3.63, 3.8) is 0 Å². The van der Waals surface area contributed by atoms with Gasteiger partial charge < -0.3 is 19.7 Å². The molecule has 1 saturated heterocycles. The number of carbonyl (C=O) groups is 2. The highest BCUT2D eigenvalue weighted by Crippen LogP contribution is 2.32. The Balaban J connectivity index is 1.19. The Morgan fingerprint density at radius 1 is 1.19 bits per heavy atom. The average molecular weight is 433 g/mol. The van der Waals surface area contributed by atoms with Crippen LogP contribution in [-0.4, -0.2) is 51.8 Å². The van der Waals surface area contributed by atoms with Gasteiger partial charge in [0.25, 0.3) is 5.91 Å². The molecule has 0 unspecified atom stereocenters. The molecule has 1 aromatic carbocycles. The molecule has 2 aromatic heterocycles. The number of aromatic nitrogens is 3. The molecule has 2 aliphatic heterocycles. The third-order valence-corrected chi connectivity index (χ3v) is 5.75. The lowest BCUT2D eigenvalue weighted by Gasteiger charge is -2.31. The van der Waals surface area contributed by atoms with Gasteiger partial charge in [-0.2, -0.15) is 5.10 Å². The first kappa shape index (κ1) is 20.0. The van der Waals surface area contributed by atoms with Crippen molar-refractivity contribution in [1.29, 1.82) is 0 Å². The second-order valence-corrected chi connectivity index (χ2v) is 7.90. The highest BCUT2D eigenvalue weighted by molar-refractivity contribution is 5.94. The number of aromatic amines is 1. The number of hydrogen-bond acceptors (Lipinski definition) is 6. The molecule has 9 nitrogen and oxygen atoms in total. The Morgan fingerprint density at radius 3 is 2.97 bits per heavy atom. The van der Waals surface area contributed by atoms with E-state index in [0.717, 1.165) is 24.0 Å². The smallest absolute Gasteiger partial charge is 0.271 e. The topological polar surface area (TPSA) is 109 Å². The number of nitrogens with zero attached hydrogens (tertiary/aromatic N) is 3. The van der Waals surface area contributed by atoms with E-state index in [0.29, 0.717) is 42.5 Å². The molecule has 4 heterocycles. The van der Waals surface area contributed by atoms with Gasteiger partial charge in [0.05, 0.1) is 11.6 Å². The first-order chi connectivity index (χ1) is 15.7. The van der Waals surface area contributed by atoms with Crippen LogP contribution in [-0.2, 0) is 11.3 Å². The Morgan fingerprint density at radius 2 is 2.09 bits per heavy atom. The van der Waals surface area contributed by atoms with Gasteiger partial charge in [0.2, 0.25) is 12.7 Å². The summed E-state index contributed by atoms with van der Waals surface area (Å²) >= 11 is 0. The highest BCUT2D eigenvalue weighted by atomic mass is 16.7. The number of likely N-dealkylation sites (tertiary alicyclic amines) is 1. The number of nitrogens with one attached hydrogen (secondary N) is 2. The third kappa shape index (κ3) is 4.14. The van der Waals surface area contributed by atoms with Crippen molar-refractivity contribution < 1.29 is 19.1 Å². The lowest BCUT2D eigenvalue weighted by atomic mass is 9.96. The van der Waals surface area contributed by atoms with Crippen LogP contribution in [0.1, 0.15) is 28.9 Å². The van der Waals surface area contributed by atoms with Crippen molar-refractivity contribution in [2.75, 3.05) is 19.9 Å². The molecular weight excluding hydrogens is 410 g/mol. The number of H-pyrrole nitrogens is 1. The van der Waals surface area contributed by atoms with E-state index in [4.69, 9.17) is 9.47 Å². The maximum Gasteiger partial charge on any atom is 0.271 e. The Kier molecular flexibility index (Phi) is 5.45. The van der Waals surface area contributed by atoms with Crippen LogP contribution >= 0.6 is 0 Å². The molecule has 0 saturated carbocycles. The lowest BCUT2D eigenvalue weighted by Crippen LogP contribution is -2.45. The van der Waals surface area contributed by atoms with Gasteiger partial charge >= 0.3 is 0 Å². The van der Waals surface area contributed by atoms with Gasteiger partial charge in [-0.1, -0.05) is 6.07 Å². The normalized spacial score (nSPS) is 17.2. The molecule has 2 amide bonds. The number of carbonyl (C=O) groups excluding carboxylic acids is 2. The zero-order chi connectivity index (χ0) is 21.9. The Bertz CT molecular complexity index is 1130. The second kappa shape index (κ2) is 8.70. The molecule has 164 valence electrons. The van der Waals surface area contributed by atoms with Gasteiger partial charge in [-0.25, -0.2) is 0 Å². The number of benzene rings is 1. The van der Waals surface area contributed by atoms with Gasteiger partial charge in [0.15, 0.2) is 11.5 Å². The van der Waals surface area contributed by atoms with E-state index in [9.17, 15) is 9.59 Å². The van der Waals surface area contributed by atoms with Crippen LogP contribution in [0.4, 0.5) is 0 Å². The van der Waals surface area contributed by atoms with Crippen molar-refractivity contribution in [2.24, 2.45) is 5.92 Å². The fraction of sp³-hybridized carbons (Fsp3) is 0.304. The summed E-state index contributed by atoms with van der Waals surface area (Å²) in [6.45, 7) is 1.62. The summed E-state index contributed by atoms with van der Waals surface area (Å²) in [6.07, 6.45) is 4.91. The summed E-state index contributed by atoms with van der Waals surface area (Å²) in [5.74, 6) is 0.951. The van der Waals surface area contributed by atoms with Gasteiger partial charge in [0.1, 0.15) is 5.69 Å². The molecular formula is C23H23N5O4. The predicted octanol–water partition coefficient (Wildman–Crippen LogP) is 2.37. The summed E-state index contributed by atoms with van der Waals surface area (Å²) in [7, 11) is 0. The number of amides is 2. The van der Waals surface area contributed by atoms with E-state index in [1.807, 2.05) is 30.3 Å². The summed E-state index contributed by atoms with van der Waals surface area (Å²) in [5.41, 5.74) is 2.84. The molecule has 32 heavy (non-hydrogen) atoms. The van der Waals surface area contributed by atoms with Gasteiger partial charge in [-0.3, -0.25) is 19.7 Å². The van der Waals surface area contributed by atoms with Crippen molar-refractivity contribution in [3.8, 4) is 22.8 Å². The molecule has 0 bridgehead atoms. The molecule has 0 radical (unpaired) electrons. The lowest BCUT2D eigenvalue weighted by molar-refractivity contribution is -0.126. The van der Waals surface area contributed by atoms with Crippen LogP contribution in [0.3, 0.4) is 0 Å². The first-order valence-corrected chi connectivity index (χ1v) is 10.6. The van der Waals surface area contributed by atoms with E-state index in [2.05, 4.69) is 20.5 Å². The summed E-state index contributed by atoms with van der Waals surface area (Å²) in [4.78, 5) is 31.5. The molecule has 5 rings (SSSR count). The van der Waals surface area contributed by atoms with Crippen LogP contribution in [0.2, 0.25) is 0 Å². The van der Waals surface area contributed by atoms with E-state index in [1.54, 1.807) is 23.4 Å². The molecule has 1 atom stereocenters. The van der Waals surface area contributed by atoms with Gasteiger partial charge in [-0.15, -0.1) is 0 Å². The number of ether oxygens (including phenoxy) is 2. The van der Waals surface area contributed by atoms with E-state index >= 15 is 0 Å². The molecule has 2 aliphatic rings. The molecule has 0 spiro atoms. The number of rotatable bonds is 5. The number of fused-ring (bicyclic) bond motifs is 1. The van der Waals surface area contributed by atoms with Crippen LogP contribution in [0, 0.1) is 5.92 Å². The summed E-state index contributed by atoms with van der Waals surface area (Å²) < 4.78 is 10.7.